The van der Waals surface area contributed by atoms with Gasteiger partial charge < -0.3 is 0 Å². The number of ketones is 2. The van der Waals surface area contributed by atoms with Crippen LogP contribution in [-0.4, -0.2) is 11.6 Å². The van der Waals surface area contributed by atoms with E-state index in [9.17, 15) is 9.59 Å². The van der Waals surface area contributed by atoms with E-state index in [1.165, 1.54) is 54.4 Å². The lowest BCUT2D eigenvalue weighted by atomic mass is 9.83. The summed E-state index contributed by atoms with van der Waals surface area (Å²) in [6.07, 6.45) is 24.9. The van der Waals surface area contributed by atoms with Crippen LogP contribution in [0.15, 0.2) is 93.7 Å². The molecule has 0 aliphatic heterocycles. The summed E-state index contributed by atoms with van der Waals surface area (Å²) in [5, 5.41) is 0. The van der Waals surface area contributed by atoms with E-state index in [0.29, 0.717) is 28.7 Å². The van der Waals surface area contributed by atoms with Crippen LogP contribution in [0.5, 0.6) is 0 Å². The Balaban J connectivity index is 1.68. The first-order valence-electron chi connectivity index (χ1n) is 16.7. The molecular weight excluding hydrogens is 524 g/mol. The summed E-state index contributed by atoms with van der Waals surface area (Å²) in [5.74, 6) is 0.781. The van der Waals surface area contributed by atoms with E-state index in [-0.39, 0.29) is 11.6 Å². The fourth-order valence-electron chi connectivity index (χ4n) is 5.56. The van der Waals surface area contributed by atoms with Crippen molar-refractivity contribution in [2.75, 3.05) is 0 Å². The summed E-state index contributed by atoms with van der Waals surface area (Å²) in [7, 11) is 0. The molecule has 0 atom stereocenters. The van der Waals surface area contributed by atoms with Gasteiger partial charge in [0.2, 0.25) is 0 Å². The number of benzene rings is 1. The van der Waals surface area contributed by atoms with Gasteiger partial charge in [-0.05, 0) is 118 Å². The van der Waals surface area contributed by atoms with Crippen molar-refractivity contribution < 1.29 is 9.59 Å². The molecule has 1 aromatic rings. The number of rotatable bonds is 18. The molecule has 0 radical (unpaired) electrons. The molecular formula is C41H58O2. The van der Waals surface area contributed by atoms with Gasteiger partial charge in [-0.15, -0.1) is 0 Å². The zero-order valence-corrected chi connectivity index (χ0v) is 28.6. The molecule has 2 nitrogen and oxygen atoms in total. The summed E-state index contributed by atoms with van der Waals surface area (Å²) in [6, 6.07) is 7.15. The van der Waals surface area contributed by atoms with Gasteiger partial charge in [0.15, 0.2) is 11.6 Å². The predicted octanol–water partition coefficient (Wildman–Crippen LogP) is 12.5. The van der Waals surface area contributed by atoms with Crippen molar-refractivity contribution in [3.8, 4) is 0 Å². The highest BCUT2D eigenvalue weighted by atomic mass is 16.1. The van der Waals surface area contributed by atoms with Gasteiger partial charge in [-0.2, -0.15) is 0 Å². The third-order valence-electron chi connectivity index (χ3n) is 8.62. The van der Waals surface area contributed by atoms with E-state index in [4.69, 9.17) is 0 Å². The van der Waals surface area contributed by atoms with E-state index < -0.39 is 0 Å². The molecule has 2 heteroatoms. The van der Waals surface area contributed by atoms with Gasteiger partial charge in [0, 0.05) is 22.3 Å². The highest BCUT2D eigenvalue weighted by Crippen LogP contribution is 2.28. The molecule has 0 saturated heterocycles. The van der Waals surface area contributed by atoms with Crippen molar-refractivity contribution in [3.05, 3.63) is 105 Å². The molecule has 0 N–H and O–H groups in total. The predicted molar refractivity (Wildman–Crippen MR) is 187 cm³/mol. The van der Waals surface area contributed by atoms with Gasteiger partial charge in [0.05, 0.1) is 0 Å². The van der Waals surface area contributed by atoms with Crippen molar-refractivity contribution in [3.63, 3.8) is 0 Å². The van der Waals surface area contributed by atoms with Crippen LogP contribution in [0.25, 0.3) is 0 Å². The molecule has 0 bridgehead atoms. The SMILES string of the molecule is CC1=C(C/C=C(\C)CC/C=C(\C)CC/C=C(\C)CC/C=C(\C)CC/C=C(\C)CCCC(C)C)C(=O)c2ccccc2C1=O. The maximum absolute atomic E-state index is 13.0. The molecule has 0 aromatic heterocycles. The van der Waals surface area contributed by atoms with Gasteiger partial charge >= 0.3 is 0 Å². The maximum atomic E-state index is 13.0. The topological polar surface area (TPSA) is 34.1 Å². The average Bonchev–Trinajstić information content (AvgIpc) is 2.95. The highest BCUT2D eigenvalue weighted by Gasteiger charge is 2.28. The minimum Gasteiger partial charge on any atom is -0.289 e. The van der Waals surface area contributed by atoms with Crippen LogP contribution in [0, 0.1) is 5.92 Å². The number of fused-ring (bicyclic) bond motifs is 1. The molecule has 0 amide bonds. The Kier molecular flexibility index (Phi) is 16.3. The Morgan fingerprint density at radius 1 is 0.605 bits per heavy atom. The molecule has 1 aliphatic rings. The van der Waals surface area contributed by atoms with Crippen LogP contribution >= 0.6 is 0 Å². The second-order valence-electron chi connectivity index (χ2n) is 13.2. The van der Waals surface area contributed by atoms with Gasteiger partial charge in [-0.1, -0.05) is 103 Å². The Hall–Kier alpha value is -3.00. The average molecular weight is 583 g/mol. The van der Waals surface area contributed by atoms with E-state index in [1.807, 2.05) is 12.1 Å². The Bertz CT molecular complexity index is 1270. The summed E-state index contributed by atoms with van der Waals surface area (Å²) < 4.78 is 0. The zero-order chi connectivity index (χ0) is 31.8. The van der Waals surface area contributed by atoms with Gasteiger partial charge in [-0.3, -0.25) is 9.59 Å². The van der Waals surface area contributed by atoms with Crippen LogP contribution in [-0.2, 0) is 0 Å². The van der Waals surface area contributed by atoms with Crippen LogP contribution in [0.1, 0.15) is 153 Å². The minimum atomic E-state index is -0.0213. The van der Waals surface area contributed by atoms with E-state index in [1.54, 1.807) is 24.6 Å². The second kappa shape index (κ2) is 19.3. The Morgan fingerprint density at radius 2 is 1.00 bits per heavy atom. The van der Waals surface area contributed by atoms with E-state index in [2.05, 4.69) is 78.8 Å². The van der Waals surface area contributed by atoms with E-state index in [0.717, 1.165) is 44.4 Å². The number of allylic oxidation sites excluding steroid dienone is 12. The number of carbonyl (C=O) groups excluding carboxylic acids is 2. The first kappa shape index (κ1) is 36.2. The summed E-state index contributed by atoms with van der Waals surface area (Å²) in [6.45, 7) is 17.6. The number of Topliss-reactive ketones (excluding diaryl/α,β-unsaturated/α-hetero) is 2. The molecule has 234 valence electrons. The van der Waals surface area contributed by atoms with Crippen molar-refractivity contribution in [2.45, 2.75) is 132 Å². The number of hydrogen-bond donors (Lipinski definition) is 0. The summed E-state index contributed by atoms with van der Waals surface area (Å²) in [4.78, 5) is 25.7. The molecule has 0 spiro atoms. The minimum absolute atomic E-state index is 0.00672. The normalized spacial score (nSPS) is 15.6. The number of carbonyl (C=O) groups is 2. The molecule has 0 saturated carbocycles. The maximum Gasteiger partial charge on any atom is 0.190 e. The number of hydrogen-bond acceptors (Lipinski definition) is 2. The molecule has 0 heterocycles. The smallest absolute Gasteiger partial charge is 0.190 e. The Labute approximate surface area is 263 Å². The fraction of sp³-hybridized carbons (Fsp3) is 0.512. The third-order valence-corrected chi connectivity index (χ3v) is 8.62. The quantitative estimate of drug-likeness (QED) is 0.161. The lowest BCUT2D eigenvalue weighted by Gasteiger charge is -2.18. The van der Waals surface area contributed by atoms with Crippen LogP contribution < -0.4 is 0 Å². The van der Waals surface area contributed by atoms with Crippen molar-refractivity contribution in [2.24, 2.45) is 5.92 Å². The largest absolute Gasteiger partial charge is 0.289 e. The molecule has 1 aliphatic carbocycles. The van der Waals surface area contributed by atoms with Crippen molar-refractivity contribution in [1.29, 1.82) is 0 Å². The molecule has 0 unspecified atom stereocenters. The molecule has 43 heavy (non-hydrogen) atoms. The fourth-order valence-corrected chi connectivity index (χ4v) is 5.56. The van der Waals surface area contributed by atoms with E-state index >= 15 is 0 Å². The van der Waals surface area contributed by atoms with Gasteiger partial charge in [-0.25, -0.2) is 0 Å². The Morgan fingerprint density at radius 3 is 1.44 bits per heavy atom. The highest BCUT2D eigenvalue weighted by molar-refractivity contribution is 6.26. The lowest BCUT2D eigenvalue weighted by molar-refractivity contribution is 0.0973. The van der Waals surface area contributed by atoms with Crippen LogP contribution in [0.2, 0.25) is 0 Å². The van der Waals surface area contributed by atoms with Gasteiger partial charge in [0.25, 0.3) is 0 Å². The first-order valence-corrected chi connectivity index (χ1v) is 16.7. The molecule has 2 rings (SSSR count). The first-order chi connectivity index (χ1) is 20.5. The van der Waals surface area contributed by atoms with Crippen molar-refractivity contribution >= 4 is 11.6 Å². The van der Waals surface area contributed by atoms with Crippen molar-refractivity contribution in [1.82, 2.24) is 0 Å². The van der Waals surface area contributed by atoms with Crippen LogP contribution in [0.4, 0.5) is 0 Å². The standard InChI is InChI=1S/C41H58O2/c1-30(2)16-11-17-31(3)18-12-19-32(4)20-13-21-33(5)22-14-23-34(6)24-15-25-35(7)28-29-37-36(8)40(42)38-26-9-10-27-39(38)41(37)43/h9-10,18,20,22,24,26-28,30H,11-17,19,21,23,25,29H2,1-8H3/b31-18+,32-20+,33-22+,34-24+,35-28+. The monoisotopic (exact) mass is 582 g/mol. The summed E-state index contributed by atoms with van der Waals surface area (Å²) in [5.41, 5.74) is 9.53. The molecule has 1 aromatic carbocycles. The van der Waals surface area contributed by atoms with Gasteiger partial charge in [0.1, 0.15) is 0 Å². The molecule has 0 fully saturated rings. The zero-order valence-electron chi connectivity index (χ0n) is 28.6. The summed E-state index contributed by atoms with van der Waals surface area (Å²) >= 11 is 0. The second-order valence-corrected chi connectivity index (χ2v) is 13.2. The lowest BCUT2D eigenvalue weighted by Crippen LogP contribution is -2.20. The third kappa shape index (κ3) is 13.5. The van der Waals surface area contributed by atoms with Crippen LogP contribution in [0.3, 0.4) is 0 Å².